The van der Waals surface area contributed by atoms with Crippen LogP contribution in [-0.2, 0) is 24.4 Å². The van der Waals surface area contributed by atoms with Crippen molar-refractivity contribution in [3.63, 3.8) is 0 Å². The molecule has 0 spiro atoms. The number of nitrogens with zero attached hydrogens (tertiary/aromatic N) is 3. The first kappa shape index (κ1) is 17.9. The minimum atomic E-state index is -0.941. The summed E-state index contributed by atoms with van der Waals surface area (Å²) in [6, 6.07) is 17.0. The lowest BCUT2D eigenvalue weighted by Gasteiger charge is -2.13. The molecule has 3 aromatic rings. The summed E-state index contributed by atoms with van der Waals surface area (Å²) in [6.07, 6.45) is 1.17. The van der Waals surface area contributed by atoms with Crippen molar-refractivity contribution in [2.45, 2.75) is 19.6 Å². The van der Waals surface area contributed by atoms with Crippen LogP contribution >= 0.6 is 0 Å². The van der Waals surface area contributed by atoms with Gasteiger partial charge in [0.05, 0.1) is 24.6 Å². The van der Waals surface area contributed by atoms with E-state index in [1.165, 1.54) is 11.2 Å². The normalized spacial score (nSPS) is 12.6. The number of aromatic nitrogens is 2. The van der Waals surface area contributed by atoms with Crippen LogP contribution in [0.2, 0.25) is 0 Å². The Morgan fingerprint density at radius 3 is 2.75 bits per heavy atom. The van der Waals surface area contributed by atoms with Crippen LogP contribution in [0.3, 0.4) is 0 Å². The van der Waals surface area contributed by atoms with Crippen molar-refractivity contribution >= 4 is 11.8 Å². The van der Waals surface area contributed by atoms with E-state index in [4.69, 9.17) is 9.47 Å². The summed E-state index contributed by atoms with van der Waals surface area (Å²) in [5.41, 5.74) is 3.47. The Balaban J connectivity index is 1.39. The lowest BCUT2D eigenvalue weighted by Crippen LogP contribution is -2.26. The van der Waals surface area contributed by atoms with E-state index in [1.807, 2.05) is 36.4 Å². The molecule has 1 aliphatic heterocycles. The number of rotatable bonds is 6. The molecule has 0 radical (unpaired) electrons. The second kappa shape index (κ2) is 8.06. The Kier molecular flexibility index (Phi) is 5.16. The smallest absolute Gasteiger partial charge is 0.411 e. The number of anilines is 1. The van der Waals surface area contributed by atoms with E-state index >= 15 is 0 Å². The van der Waals surface area contributed by atoms with Crippen LogP contribution in [0.1, 0.15) is 16.8 Å². The molecule has 142 valence electrons. The number of carboxylic acid groups (broad SMARTS) is 1. The molecule has 7 nitrogen and oxygen atoms in total. The maximum Gasteiger partial charge on any atom is 0.411 e. The van der Waals surface area contributed by atoms with E-state index in [1.54, 1.807) is 18.2 Å². The molecule has 0 aliphatic carbocycles. The Morgan fingerprint density at radius 1 is 1.07 bits per heavy atom. The van der Waals surface area contributed by atoms with E-state index in [0.29, 0.717) is 43.5 Å². The molecule has 1 aliphatic rings. The van der Waals surface area contributed by atoms with Crippen molar-refractivity contribution in [1.82, 2.24) is 9.97 Å². The lowest BCUT2D eigenvalue weighted by molar-refractivity contribution is 0.104. The Labute approximate surface area is 162 Å². The van der Waals surface area contributed by atoms with Gasteiger partial charge in [0, 0.05) is 12.6 Å². The van der Waals surface area contributed by atoms with Crippen LogP contribution in [0.25, 0.3) is 0 Å². The third-order valence-electron chi connectivity index (χ3n) is 4.46. The summed E-state index contributed by atoms with van der Waals surface area (Å²) in [5.74, 6) is 1.03. The molecule has 4 rings (SSSR count). The molecule has 0 saturated carbocycles. The number of hydrogen-bond acceptors (Lipinski definition) is 5. The minimum Gasteiger partial charge on any atom is -0.465 e. The zero-order valence-corrected chi connectivity index (χ0v) is 15.1. The van der Waals surface area contributed by atoms with Gasteiger partial charge < -0.3 is 14.6 Å². The summed E-state index contributed by atoms with van der Waals surface area (Å²) in [5, 5.41) is 9.20. The molecule has 0 fully saturated rings. The molecule has 0 saturated heterocycles. The molecule has 0 bridgehead atoms. The summed E-state index contributed by atoms with van der Waals surface area (Å²) in [7, 11) is 0. The van der Waals surface area contributed by atoms with Crippen molar-refractivity contribution in [2.75, 3.05) is 11.4 Å². The molecular weight excluding hydrogens is 358 g/mol. The molecule has 1 amide bonds. The van der Waals surface area contributed by atoms with Crippen molar-refractivity contribution in [1.29, 1.82) is 0 Å². The number of ether oxygens (including phenoxy) is 2. The molecule has 7 heteroatoms. The summed E-state index contributed by atoms with van der Waals surface area (Å²) >= 11 is 0. The van der Waals surface area contributed by atoms with Gasteiger partial charge in [0.15, 0.2) is 0 Å². The Bertz CT molecular complexity index is 978. The van der Waals surface area contributed by atoms with E-state index in [2.05, 4.69) is 9.97 Å². The van der Waals surface area contributed by atoms with Gasteiger partial charge in [-0.25, -0.2) is 14.8 Å². The number of amides is 1. The van der Waals surface area contributed by atoms with Crippen molar-refractivity contribution < 1.29 is 19.4 Å². The third kappa shape index (κ3) is 4.10. The molecule has 1 aromatic heterocycles. The van der Waals surface area contributed by atoms with Gasteiger partial charge in [-0.1, -0.05) is 30.3 Å². The van der Waals surface area contributed by atoms with Crippen LogP contribution in [0.15, 0.2) is 60.9 Å². The van der Waals surface area contributed by atoms with Gasteiger partial charge in [-0.05, 0) is 35.7 Å². The Hall–Kier alpha value is -3.45. The summed E-state index contributed by atoms with van der Waals surface area (Å²) in [6.45, 7) is 1.32. The van der Waals surface area contributed by atoms with Gasteiger partial charge in [0.25, 0.3) is 0 Å². The highest BCUT2D eigenvalue weighted by Gasteiger charge is 2.24. The average molecular weight is 377 g/mol. The first-order valence-electron chi connectivity index (χ1n) is 8.93. The van der Waals surface area contributed by atoms with Crippen LogP contribution in [0, 0.1) is 0 Å². The van der Waals surface area contributed by atoms with E-state index in [-0.39, 0.29) is 0 Å². The average Bonchev–Trinajstić information content (AvgIpc) is 3.13. The highest BCUT2D eigenvalue weighted by Crippen LogP contribution is 2.32. The third-order valence-corrected chi connectivity index (χ3v) is 4.46. The fourth-order valence-corrected chi connectivity index (χ4v) is 3.12. The second-order valence-corrected chi connectivity index (χ2v) is 6.40. The zero-order valence-electron chi connectivity index (χ0n) is 15.1. The highest BCUT2D eigenvalue weighted by atomic mass is 16.5. The number of hydrogen-bond donors (Lipinski definition) is 1. The van der Waals surface area contributed by atoms with E-state index in [9.17, 15) is 9.90 Å². The number of carbonyl (C=O) groups is 1. The van der Waals surface area contributed by atoms with Gasteiger partial charge in [0.1, 0.15) is 12.1 Å². The van der Waals surface area contributed by atoms with Crippen LogP contribution in [-0.4, -0.2) is 27.7 Å². The molecular formula is C21H19N3O4. The molecule has 28 heavy (non-hydrogen) atoms. The van der Waals surface area contributed by atoms with E-state index < -0.39 is 6.09 Å². The van der Waals surface area contributed by atoms with Crippen molar-refractivity contribution in [3.05, 3.63) is 77.7 Å². The first-order chi connectivity index (χ1) is 13.7. The standard InChI is InChI=1S/C21H19N3O4/c25-21(26)24-9-8-16-10-18(6-7-19(16)24)28-20-11-17(22-14-23-20)13-27-12-15-4-2-1-3-5-15/h1-7,10-11,14H,8-9,12-13H2,(H,25,26). The largest absolute Gasteiger partial charge is 0.465 e. The molecule has 0 atom stereocenters. The van der Waals surface area contributed by atoms with Crippen LogP contribution in [0.4, 0.5) is 10.5 Å². The zero-order chi connectivity index (χ0) is 19.3. The summed E-state index contributed by atoms with van der Waals surface area (Å²) < 4.78 is 11.5. The van der Waals surface area contributed by atoms with Crippen LogP contribution < -0.4 is 9.64 Å². The maximum absolute atomic E-state index is 11.2. The van der Waals surface area contributed by atoms with E-state index in [0.717, 1.165) is 16.8 Å². The SMILES string of the molecule is O=C(O)N1CCc2cc(Oc3cc(COCc4ccccc4)ncn3)ccc21. The first-order valence-corrected chi connectivity index (χ1v) is 8.93. The topological polar surface area (TPSA) is 84.8 Å². The minimum absolute atomic E-state index is 0.353. The molecule has 2 heterocycles. The molecule has 0 unspecified atom stereocenters. The van der Waals surface area contributed by atoms with Gasteiger partial charge in [-0.3, -0.25) is 4.90 Å². The van der Waals surface area contributed by atoms with Gasteiger partial charge in [0.2, 0.25) is 5.88 Å². The van der Waals surface area contributed by atoms with Crippen LogP contribution in [0.5, 0.6) is 11.6 Å². The number of benzene rings is 2. The molecule has 1 N–H and O–H groups in total. The maximum atomic E-state index is 11.2. The quantitative estimate of drug-likeness (QED) is 0.698. The fraction of sp³-hybridized carbons (Fsp3) is 0.190. The highest BCUT2D eigenvalue weighted by molar-refractivity contribution is 5.89. The predicted octanol–water partition coefficient (Wildman–Crippen LogP) is 4.03. The van der Waals surface area contributed by atoms with Gasteiger partial charge >= 0.3 is 6.09 Å². The lowest BCUT2D eigenvalue weighted by atomic mass is 10.1. The van der Waals surface area contributed by atoms with Crippen molar-refractivity contribution in [3.8, 4) is 11.6 Å². The van der Waals surface area contributed by atoms with Gasteiger partial charge in [-0.15, -0.1) is 0 Å². The fourth-order valence-electron chi connectivity index (χ4n) is 3.12. The predicted molar refractivity (Wildman–Crippen MR) is 103 cm³/mol. The Morgan fingerprint density at radius 2 is 1.93 bits per heavy atom. The number of fused-ring (bicyclic) bond motifs is 1. The van der Waals surface area contributed by atoms with Gasteiger partial charge in [-0.2, -0.15) is 0 Å². The summed E-state index contributed by atoms with van der Waals surface area (Å²) in [4.78, 5) is 20.9. The second-order valence-electron chi connectivity index (χ2n) is 6.40. The molecule has 2 aromatic carbocycles. The van der Waals surface area contributed by atoms with Crippen molar-refractivity contribution in [2.24, 2.45) is 0 Å². The monoisotopic (exact) mass is 377 g/mol.